The number of carbonyl (C=O) groups excluding carboxylic acids is 5. The molecule has 1 N–H and O–H groups in total. The molecule has 17 heteroatoms. The van der Waals surface area contributed by atoms with E-state index in [1.54, 1.807) is 37.5 Å². The van der Waals surface area contributed by atoms with Crippen LogP contribution in [0.25, 0.3) is 0 Å². The van der Waals surface area contributed by atoms with E-state index in [2.05, 4.69) is 5.32 Å². The van der Waals surface area contributed by atoms with Crippen molar-refractivity contribution in [3.8, 4) is 0 Å². The highest BCUT2D eigenvalue weighted by molar-refractivity contribution is 8.03. The van der Waals surface area contributed by atoms with Gasteiger partial charge in [0.25, 0.3) is 11.6 Å². The molecule has 0 aliphatic carbocycles. The lowest BCUT2D eigenvalue weighted by atomic mass is 9.84. The molecule has 4 atom stereocenters. The van der Waals surface area contributed by atoms with E-state index in [4.69, 9.17) is 49.0 Å². The largest absolute Gasteiger partial charge is 0.462 e. The van der Waals surface area contributed by atoms with Crippen LogP contribution in [0.3, 0.4) is 0 Å². The molecule has 256 valence electrons. The molecule has 1 saturated heterocycles. The SMILES string of the molecule is CCCC(=O)OCC1(NC(=O)C(C(=O)OCC(Cl)(Cl)Cl)c2ccccc2)C(=O)N2C(C(=O)OCc3ccc([N+](=O)[O-])cc3)C(C)=CS[C@H]21. The predicted molar refractivity (Wildman–Crippen MR) is 176 cm³/mol. The third kappa shape index (κ3) is 8.41. The number of halogens is 3. The van der Waals surface area contributed by atoms with Gasteiger partial charge in [-0.05, 0) is 47.6 Å². The molecule has 0 bridgehead atoms. The molecule has 1 fully saturated rings. The lowest BCUT2D eigenvalue weighted by Gasteiger charge is -2.58. The Morgan fingerprint density at radius 1 is 1.06 bits per heavy atom. The van der Waals surface area contributed by atoms with Gasteiger partial charge in [-0.15, -0.1) is 11.8 Å². The fraction of sp³-hybridized carbons (Fsp3) is 0.387. The van der Waals surface area contributed by atoms with Crippen LogP contribution in [-0.2, 0) is 44.8 Å². The van der Waals surface area contributed by atoms with Crippen molar-refractivity contribution in [1.82, 2.24) is 10.2 Å². The molecular weight excluding hydrogens is 713 g/mol. The quantitative estimate of drug-likeness (QED) is 0.0573. The van der Waals surface area contributed by atoms with Gasteiger partial charge in [0.2, 0.25) is 9.70 Å². The van der Waals surface area contributed by atoms with Crippen LogP contribution in [0.1, 0.15) is 43.7 Å². The number of nitro benzene ring substituents is 1. The van der Waals surface area contributed by atoms with E-state index in [0.29, 0.717) is 17.6 Å². The van der Waals surface area contributed by atoms with Crippen molar-refractivity contribution in [3.63, 3.8) is 0 Å². The lowest BCUT2D eigenvalue weighted by Crippen LogP contribution is -2.84. The summed E-state index contributed by atoms with van der Waals surface area (Å²) in [4.78, 5) is 78.6. The minimum atomic E-state index is -1.96. The van der Waals surface area contributed by atoms with Gasteiger partial charge >= 0.3 is 17.9 Å². The molecule has 0 saturated carbocycles. The third-order valence-corrected chi connectivity index (χ3v) is 9.13. The number of β-lactam (4-membered cyclic amide) rings is 1. The maximum Gasteiger partial charge on any atom is 0.333 e. The number of benzene rings is 2. The molecule has 3 unspecified atom stereocenters. The number of nitro groups is 1. The Labute approximate surface area is 294 Å². The number of esters is 3. The van der Waals surface area contributed by atoms with Gasteiger partial charge in [0.1, 0.15) is 25.2 Å². The molecular formula is C31H30Cl3N3O10S. The highest BCUT2D eigenvalue weighted by Crippen LogP contribution is 2.47. The second-order valence-electron chi connectivity index (χ2n) is 10.9. The Hall–Kier alpha value is -3.85. The number of ether oxygens (including phenoxy) is 3. The van der Waals surface area contributed by atoms with Gasteiger partial charge in [-0.25, -0.2) is 4.79 Å². The summed E-state index contributed by atoms with van der Waals surface area (Å²) >= 11 is 18.3. The number of fused-ring (bicyclic) bond motifs is 1. The number of hydrogen-bond donors (Lipinski definition) is 1. The van der Waals surface area contributed by atoms with Crippen molar-refractivity contribution in [2.75, 3.05) is 13.2 Å². The Morgan fingerprint density at radius 2 is 1.73 bits per heavy atom. The van der Waals surface area contributed by atoms with E-state index in [0.717, 1.165) is 11.8 Å². The first kappa shape index (κ1) is 37.0. The molecule has 2 amide bonds. The van der Waals surface area contributed by atoms with E-state index in [-0.39, 0.29) is 24.3 Å². The monoisotopic (exact) mass is 741 g/mol. The van der Waals surface area contributed by atoms with Crippen molar-refractivity contribution in [3.05, 3.63) is 86.8 Å². The van der Waals surface area contributed by atoms with Gasteiger partial charge in [-0.2, -0.15) is 0 Å². The van der Waals surface area contributed by atoms with Crippen LogP contribution in [-0.4, -0.2) is 73.5 Å². The average molecular weight is 743 g/mol. The van der Waals surface area contributed by atoms with Gasteiger partial charge in [-0.3, -0.25) is 29.3 Å². The first-order valence-corrected chi connectivity index (χ1v) is 16.6. The van der Waals surface area contributed by atoms with Crippen molar-refractivity contribution in [2.45, 2.75) is 60.0 Å². The molecule has 2 aliphatic rings. The van der Waals surface area contributed by atoms with Crippen molar-refractivity contribution in [2.24, 2.45) is 0 Å². The highest BCUT2D eigenvalue weighted by atomic mass is 35.6. The van der Waals surface area contributed by atoms with Crippen LogP contribution in [0.4, 0.5) is 5.69 Å². The van der Waals surface area contributed by atoms with Gasteiger partial charge < -0.3 is 24.4 Å². The van der Waals surface area contributed by atoms with Crippen molar-refractivity contribution >= 4 is 82.0 Å². The number of amides is 2. The fourth-order valence-electron chi connectivity index (χ4n) is 5.07. The summed E-state index contributed by atoms with van der Waals surface area (Å²) in [5, 5.41) is 14.3. The number of nitrogens with one attached hydrogen (secondary N) is 1. The summed E-state index contributed by atoms with van der Waals surface area (Å²) < 4.78 is 14.1. The number of thioether (sulfide) groups is 1. The predicted octanol–water partition coefficient (Wildman–Crippen LogP) is 4.72. The topological polar surface area (TPSA) is 171 Å². The van der Waals surface area contributed by atoms with Crippen LogP contribution in [0.5, 0.6) is 0 Å². The molecule has 2 aromatic carbocycles. The molecule has 2 heterocycles. The highest BCUT2D eigenvalue weighted by Gasteiger charge is 2.67. The fourth-order valence-corrected chi connectivity index (χ4v) is 6.52. The van der Waals surface area contributed by atoms with Gasteiger partial charge in [0.05, 0.1) is 4.92 Å². The second kappa shape index (κ2) is 15.6. The molecule has 0 radical (unpaired) electrons. The Balaban J connectivity index is 1.60. The first-order valence-electron chi connectivity index (χ1n) is 14.5. The van der Waals surface area contributed by atoms with Gasteiger partial charge in [0, 0.05) is 18.6 Å². The lowest BCUT2D eigenvalue weighted by molar-refractivity contribution is -0.384. The number of non-ortho nitro benzene ring substituents is 1. The van der Waals surface area contributed by atoms with E-state index < -0.39 is 74.5 Å². The van der Waals surface area contributed by atoms with Gasteiger partial charge in [0.15, 0.2) is 17.5 Å². The summed E-state index contributed by atoms with van der Waals surface area (Å²) in [6, 6.07) is 12.1. The second-order valence-corrected chi connectivity index (χ2v) is 14.4. The smallest absolute Gasteiger partial charge is 0.333 e. The zero-order chi connectivity index (χ0) is 35.2. The molecule has 48 heavy (non-hydrogen) atoms. The van der Waals surface area contributed by atoms with E-state index in [1.807, 2.05) is 0 Å². The van der Waals surface area contributed by atoms with Crippen molar-refractivity contribution in [1.29, 1.82) is 0 Å². The molecule has 2 aromatic rings. The Morgan fingerprint density at radius 3 is 2.33 bits per heavy atom. The maximum atomic E-state index is 14.1. The number of alkyl halides is 3. The summed E-state index contributed by atoms with van der Waals surface area (Å²) in [7, 11) is 0. The number of rotatable bonds is 13. The standard InChI is InChI=1S/C31H30Cl3N3O10S/c1-3-7-22(38)46-16-30(35-25(39)23(20-8-5-4-6-9-20)26(40)47-17-31(32,33)34)28(42)36-24(18(2)15-48-29(30)36)27(41)45-14-19-10-12-21(13-11-19)37(43)44/h4-6,8-13,15,23-24,29H,3,7,14,16-17H2,1-2H3,(H,35,39)/t23?,24?,29-,30?/m0/s1. The Kier molecular flexibility index (Phi) is 12.0. The number of hydrogen-bond acceptors (Lipinski definition) is 11. The zero-order valence-electron chi connectivity index (χ0n) is 25.6. The normalized spacial score (nSPS) is 20.7. The van der Waals surface area contributed by atoms with E-state index in [9.17, 15) is 34.1 Å². The van der Waals surface area contributed by atoms with Crippen LogP contribution in [0.2, 0.25) is 0 Å². The average Bonchev–Trinajstić information content (AvgIpc) is 3.04. The Bertz CT molecular complexity index is 1600. The van der Waals surface area contributed by atoms with Gasteiger partial charge in [-0.1, -0.05) is 72.1 Å². The third-order valence-electron chi connectivity index (χ3n) is 7.40. The molecule has 2 aliphatic heterocycles. The minimum Gasteiger partial charge on any atom is -0.462 e. The summed E-state index contributed by atoms with van der Waals surface area (Å²) in [6.07, 6.45) is 0.512. The number of carbonyl (C=O) groups is 5. The maximum absolute atomic E-state index is 14.1. The minimum absolute atomic E-state index is 0.0480. The van der Waals surface area contributed by atoms with Crippen LogP contribution >= 0.6 is 46.6 Å². The van der Waals surface area contributed by atoms with Crippen LogP contribution in [0, 0.1) is 10.1 Å². The molecule has 4 rings (SSSR count). The zero-order valence-corrected chi connectivity index (χ0v) is 28.6. The summed E-state index contributed by atoms with van der Waals surface area (Å²) in [6.45, 7) is 1.91. The number of nitrogens with zero attached hydrogens (tertiary/aromatic N) is 2. The van der Waals surface area contributed by atoms with Crippen molar-refractivity contribution < 1.29 is 43.1 Å². The van der Waals surface area contributed by atoms with Crippen LogP contribution in [0.15, 0.2) is 65.6 Å². The first-order chi connectivity index (χ1) is 22.7. The van der Waals surface area contributed by atoms with Crippen LogP contribution < -0.4 is 5.32 Å². The van der Waals surface area contributed by atoms with E-state index >= 15 is 0 Å². The molecule has 13 nitrogen and oxygen atoms in total. The van der Waals surface area contributed by atoms with E-state index in [1.165, 1.54) is 41.3 Å². The summed E-state index contributed by atoms with van der Waals surface area (Å²) in [5.74, 6) is -5.81. The molecule has 0 aromatic heterocycles. The molecule has 0 spiro atoms. The summed E-state index contributed by atoms with van der Waals surface area (Å²) in [5.41, 5.74) is -0.857.